The van der Waals surface area contributed by atoms with Crippen molar-refractivity contribution < 1.29 is 9.53 Å². The van der Waals surface area contributed by atoms with Gasteiger partial charge in [-0.3, -0.25) is 4.79 Å². The average Bonchev–Trinajstić information content (AvgIpc) is 3.09. The normalized spacial score (nSPS) is 19.2. The largest absolute Gasteiger partial charge is 0.493 e. The highest BCUT2D eigenvalue weighted by Gasteiger charge is 2.23. The molecule has 0 radical (unpaired) electrons. The van der Waals surface area contributed by atoms with E-state index in [9.17, 15) is 4.79 Å². The summed E-state index contributed by atoms with van der Waals surface area (Å²) >= 11 is 6.10. The summed E-state index contributed by atoms with van der Waals surface area (Å²) in [5.74, 6) is 1.33. The molecule has 9 heteroatoms. The molecule has 1 fully saturated rings. The van der Waals surface area contributed by atoms with Gasteiger partial charge < -0.3 is 15.4 Å². The van der Waals surface area contributed by atoms with Gasteiger partial charge in [-0.05, 0) is 56.5 Å². The van der Waals surface area contributed by atoms with Crippen LogP contribution in [0.4, 0.5) is 0 Å². The van der Waals surface area contributed by atoms with Crippen LogP contribution in [0.2, 0.25) is 5.02 Å². The van der Waals surface area contributed by atoms with Crippen molar-refractivity contribution in [2.45, 2.75) is 38.3 Å². The number of piperidine rings is 1. The molecule has 2 aliphatic heterocycles. The van der Waals surface area contributed by atoms with Crippen LogP contribution < -0.4 is 15.4 Å². The van der Waals surface area contributed by atoms with Crippen molar-refractivity contribution >= 4 is 29.9 Å². The van der Waals surface area contributed by atoms with Crippen LogP contribution in [0, 0.1) is 5.92 Å². The molecule has 2 aliphatic rings. The van der Waals surface area contributed by atoms with Gasteiger partial charge >= 0.3 is 0 Å². The van der Waals surface area contributed by atoms with E-state index in [2.05, 4.69) is 20.9 Å². The van der Waals surface area contributed by atoms with Crippen molar-refractivity contribution in [2.75, 3.05) is 19.7 Å². The highest BCUT2D eigenvalue weighted by Crippen LogP contribution is 2.33. The number of hydrogen-bond acceptors (Lipinski definition) is 5. The van der Waals surface area contributed by atoms with Gasteiger partial charge in [0.25, 0.3) is 0 Å². The van der Waals surface area contributed by atoms with Crippen molar-refractivity contribution in [3.63, 3.8) is 0 Å². The first-order chi connectivity index (χ1) is 13.2. The molecule has 1 atom stereocenters. The first kappa shape index (κ1) is 20.9. The highest BCUT2D eigenvalue weighted by molar-refractivity contribution is 6.30. The first-order valence-electron chi connectivity index (χ1n) is 9.49. The standard InChI is InChI=1S/C19H24ClN5O2.ClH/c20-14-1-2-18-16(10-14)17(5-8-27-18)22-19(26)12-25-11-15(23-24-25)9-13-3-6-21-7-4-13;/h1-2,10-11,13,17,21H,3-9,12H2,(H,22,26);1H. The molecule has 1 unspecified atom stereocenters. The van der Waals surface area contributed by atoms with Crippen LogP contribution >= 0.6 is 24.0 Å². The maximum atomic E-state index is 12.5. The Bertz CT molecular complexity index is 807. The number of ether oxygens (including phenoxy) is 1. The second-order valence-electron chi connectivity index (χ2n) is 7.24. The average molecular weight is 426 g/mol. The quantitative estimate of drug-likeness (QED) is 0.768. The molecular formula is C19H25Cl2N5O2. The fourth-order valence-electron chi connectivity index (χ4n) is 3.79. The SMILES string of the molecule is Cl.O=C(Cn1cc(CC2CCNCC2)nn1)NC1CCOc2ccc(Cl)cc21. The van der Waals surface area contributed by atoms with Gasteiger partial charge in [-0.2, -0.15) is 0 Å². The molecule has 7 nitrogen and oxygen atoms in total. The Balaban J connectivity index is 0.00000225. The number of nitrogens with zero attached hydrogens (tertiary/aromatic N) is 3. The van der Waals surface area contributed by atoms with E-state index in [1.165, 1.54) is 12.8 Å². The Morgan fingerprint density at radius 1 is 1.32 bits per heavy atom. The Morgan fingerprint density at radius 2 is 2.14 bits per heavy atom. The lowest BCUT2D eigenvalue weighted by molar-refractivity contribution is -0.122. The van der Waals surface area contributed by atoms with Gasteiger partial charge in [0.15, 0.2) is 0 Å². The van der Waals surface area contributed by atoms with E-state index >= 15 is 0 Å². The van der Waals surface area contributed by atoms with Gasteiger partial charge in [-0.15, -0.1) is 17.5 Å². The van der Waals surface area contributed by atoms with E-state index in [1.54, 1.807) is 10.7 Å². The molecule has 4 rings (SSSR count). The number of nitrogens with one attached hydrogen (secondary N) is 2. The summed E-state index contributed by atoms with van der Waals surface area (Å²) < 4.78 is 7.26. The maximum absolute atomic E-state index is 12.5. The molecule has 1 amide bonds. The molecule has 2 N–H and O–H groups in total. The maximum Gasteiger partial charge on any atom is 0.242 e. The molecule has 2 aromatic rings. The number of rotatable bonds is 5. The van der Waals surface area contributed by atoms with Crippen molar-refractivity contribution in [1.29, 1.82) is 0 Å². The predicted molar refractivity (Wildman–Crippen MR) is 109 cm³/mol. The van der Waals surface area contributed by atoms with Gasteiger partial charge in [-0.1, -0.05) is 16.8 Å². The first-order valence-corrected chi connectivity index (χ1v) is 9.86. The molecule has 0 bridgehead atoms. The van der Waals surface area contributed by atoms with E-state index in [-0.39, 0.29) is 30.9 Å². The molecule has 0 spiro atoms. The second-order valence-corrected chi connectivity index (χ2v) is 7.68. The number of carbonyl (C=O) groups excluding carboxylic acids is 1. The number of amides is 1. The molecule has 152 valence electrons. The van der Waals surface area contributed by atoms with Gasteiger partial charge in [0.2, 0.25) is 5.91 Å². The summed E-state index contributed by atoms with van der Waals surface area (Å²) in [7, 11) is 0. The van der Waals surface area contributed by atoms with E-state index < -0.39 is 0 Å². The van der Waals surface area contributed by atoms with Crippen LogP contribution in [0.25, 0.3) is 0 Å². The molecule has 28 heavy (non-hydrogen) atoms. The summed E-state index contributed by atoms with van der Waals surface area (Å²) in [6, 6.07) is 5.40. The number of fused-ring (bicyclic) bond motifs is 1. The van der Waals surface area contributed by atoms with Crippen LogP contribution in [-0.4, -0.2) is 40.6 Å². The Labute approximate surface area is 175 Å². The summed E-state index contributed by atoms with van der Waals surface area (Å²) in [6.45, 7) is 2.87. The molecule has 3 heterocycles. The van der Waals surface area contributed by atoms with E-state index in [4.69, 9.17) is 16.3 Å². The van der Waals surface area contributed by atoms with E-state index in [1.807, 2.05) is 18.3 Å². The number of benzene rings is 1. The minimum absolute atomic E-state index is 0. The monoisotopic (exact) mass is 425 g/mol. The minimum atomic E-state index is -0.0994. The van der Waals surface area contributed by atoms with Gasteiger partial charge in [-0.25, -0.2) is 4.68 Å². The van der Waals surface area contributed by atoms with Gasteiger partial charge in [0.05, 0.1) is 18.3 Å². The van der Waals surface area contributed by atoms with Crippen molar-refractivity contribution in [3.8, 4) is 5.75 Å². The number of aromatic nitrogens is 3. The zero-order valence-electron chi connectivity index (χ0n) is 15.6. The molecule has 0 aliphatic carbocycles. The molecule has 0 saturated carbocycles. The lowest BCUT2D eigenvalue weighted by Crippen LogP contribution is -2.34. The van der Waals surface area contributed by atoms with Gasteiger partial charge in [0.1, 0.15) is 12.3 Å². The third-order valence-electron chi connectivity index (χ3n) is 5.19. The lowest BCUT2D eigenvalue weighted by Gasteiger charge is -2.26. The minimum Gasteiger partial charge on any atom is -0.493 e. The summed E-state index contributed by atoms with van der Waals surface area (Å²) in [4.78, 5) is 12.5. The van der Waals surface area contributed by atoms with Crippen molar-refractivity contribution in [3.05, 3.63) is 40.7 Å². The van der Waals surface area contributed by atoms with Crippen LogP contribution in [-0.2, 0) is 17.8 Å². The highest BCUT2D eigenvalue weighted by atomic mass is 35.5. The van der Waals surface area contributed by atoms with Crippen LogP contribution in [0.5, 0.6) is 5.75 Å². The fraction of sp³-hybridized carbons (Fsp3) is 0.526. The van der Waals surface area contributed by atoms with E-state index in [0.717, 1.165) is 42.9 Å². The zero-order valence-corrected chi connectivity index (χ0v) is 17.1. The Kier molecular flexibility index (Phi) is 7.15. The number of halogens is 2. The van der Waals surface area contributed by atoms with Gasteiger partial charge in [0, 0.05) is 23.2 Å². The molecule has 1 saturated heterocycles. The fourth-order valence-corrected chi connectivity index (χ4v) is 3.97. The Morgan fingerprint density at radius 3 is 2.96 bits per heavy atom. The lowest BCUT2D eigenvalue weighted by atomic mass is 9.93. The molecule has 1 aromatic heterocycles. The number of carbonyl (C=O) groups is 1. The smallest absolute Gasteiger partial charge is 0.242 e. The van der Waals surface area contributed by atoms with Crippen LogP contribution in [0.15, 0.2) is 24.4 Å². The predicted octanol–water partition coefficient (Wildman–Crippen LogP) is 2.54. The third kappa shape index (κ3) is 5.16. The topological polar surface area (TPSA) is 81.1 Å². The number of hydrogen-bond donors (Lipinski definition) is 2. The van der Waals surface area contributed by atoms with Crippen molar-refractivity contribution in [2.24, 2.45) is 5.92 Å². The van der Waals surface area contributed by atoms with E-state index in [0.29, 0.717) is 17.5 Å². The molecule has 1 aromatic carbocycles. The van der Waals surface area contributed by atoms with Crippen molar-refractivity contribution in [1.82, 2.24) is 25.6 Å². The summed E-state index contributed by atoms with van der Waals surface area (Å²) in [6.07, 6.45) is 5.86. The van der Waals surface area contributed by atoms with Crippen LogP contribution in [0.1, 0.15) is 36.6 Å². The summed E-state index contributed by atoms with van der Waals surface area (Å²) in [5, 5.41) is 15.4. The third-order valence-corrected chi connectivity index (χ3v) is 5.43. The second kappa shape index (κ2) is 9.58. The Hall–Kier alpha value is -1.83. The molecular weight excluding hydrogens is 401 g/mol. The van der Waals surface area contributed by atoms with Crippen LogP contribution in [0.3, 0.4) is 0 Å². The summed E-state index contributed by atoms with van der Waals surface area (Å²) in [5.41, 5.74) is 1.88. The zero-order chi connectivity index (χ0) is 18.6.